The molecule has 11 heteroatoms. The molecule has 1 fully saturated rings. The number of pyridine rings is 1. The van der Waals surface area contributed by atoms with E-state index in [1.54, 1.807) is 13.1 Å². The Morgan fingerprint density at radius 3 is 2.36 bits per heavy atom. The number of benzene rings is 1. The fraction of sp³-hybridized carbons (Fsp3) is 0.364. The second kappa shape index (κ2) is 9.02. The van der Waals surface area contributed by atoms with Crippen molar-refractivity contribution in [3.63, 3.8) is 0 Å². The van der Waals surface area contributed by atoms with Crippen LogP contribution in [0, 0.1) is 5.82 Å². The quantitative estimate of drug-likeness (QED) is 0.580. The number of nitrogens with one attached hydrogen (secondary N) is 2. The number of nitrogens with zero attached hydrogens (tertiary/aromatic N) is 5. The average molecular weight is 455 g/mol. The minimum absolute atomic E-state index is 0.134. The highest BCUT2D eigenvalue weighted by Gasteiger charge is 2.21. The first-order valence-electron chi connectivity index (χ1n) is 10.6. The number of piperazine rings is 1. The third kappa shape index (κ3) is 4.58. The number of rotatable bonds is 5. The topological polar surface area (TPSA) is 105 Å². The molecule has 1 aliphatic rings. The van der Waals surface area contributed by atoms with Gasteiger partial charge >= 0.3 is 5.69 Å². The summed E-state index contributed by atoms with van der Waals surface area (Å²) >= 11 is 0. The van der Waals surface area contributed by atoms with Crippen LogP contribution in [0.4, 0.5) is 21.6 Å². The summed E-state index contributed by atoms with van der Waals surface area (Å²) in [7, 11) is 5.02. The van der Waals surface area contributed by atoms with Gasteiger partial charge < -0.3 is 20.4 Å². The van der Waals surface area contributed by atoms with Gasteiger partial charge in [-0.2, -0.15) is 0 Å². The minimum atomic E-state index is -0.494. The first kappa shape index (κ1) is 22.5. The number of carbonyl (C=O) groups excluding carboxylic acids is 1. The van der Waals surface area contributed by atoms with Crippen LogP contribution in [0.25, 0.3) is 11.0 Å². The van der Waals surface area contributed by atoms with Crippen molar-refractivity contribution in [3.05, 3.63) is 57.0 Å². The zero-order chi connectivity index (χ0) is 23.7. The average Bonchev–Trinajstić information content (AvgIpc) is 2.81. The lowest BCUT2D eigenvalue weighted by atomic mass is 10.2. The Kier molecular flexibility index (Phi) is 6.14. The molecule has 0 spiro atoms. The van der Waals surface area contributed by atoms with E-state index in [0.29, 0.717) is 17.2 Å². The number of likely N-dealkylation sites (N-methyl/N-ethyl adjacent to an activating group) is 1. The summed E-state index contributed by atoms with van der Waals surface area (Å²) in [5.41, 5.74) is 0.155. The summed E-state index contributed by atoms with van der Waals surface area (Å²) in [5.74, 6) is -0.137. The van der Waals surface area contributed by atoms with Gasteiger partial charge in [-0.15, -0.1) is 0 Å². The molecule has 0 radical (unpaired) electrons. The van der Waals surface area contributed by atoms with E-state index in [-0.39, 0.29) is 23.5 Å². The molecule has 174 valence electrons. The molecule has 2 N–H and O–H groups in total. The molecule has 0 bridgehead atoms. The molecule has 0 unspecified atom stereocenters. The number of hydrogen-bond acceptors (Lipinski definition) is 7. The van der Waals surface area contributed by atoms with Crippen LogP contribution in [0.3, 0.4) is 0 Å². The Morgan fingerprint density at radius 1 is 1.03 bits per heavy atom. The van der Waals surface area contributed by atoms with Gasteiger partial charge in [0.05, 0.1) is 12.2 Å². The molecule has 3 aromatic rings. The monoisotopic (exact) mass is 455 g/mol. The highest BCUT2D eigenvalue weighted by atomic mass is 19.1. The van der Waals surface area contributed by atoms with Crippen LogP contribution in [0.2, 0.25) is 0 Å². The molecule has 0 atom stereocenters. The first-order valence-corrected chi connectivity index (χ1v) is 10.6. The molecule has 1 saturated heterocycles. The summed E-state index contributed by atoms with van der Waals surface area (Å²) in [6, 6.07) is 7.18. The summed E-state index contributed by atoms with van der Waals surface area (Å²) in [6.45, 7) is 3.08. The lowest BCUT2D eigenvalue weighted by Crippen LogP contribution is -2.45. The predicted molar refractivity (Wildman–Crippen MR) is 125 cm³/mol. The Morgan fingerprint density at radius 2 is 1.70 bits per heavy atom. The molecule has 1 aliphatic heterocycles. The number of anilines is 3. The zero-order valence-electron chi connectivity index (χ0n) is 18.8. The molecule has 3 heterocycles. The van der Waals surface area contributed by atoms with Crippen molar-refractivity contribution in [2.45, 2.75) is 0 Å². The van der Waals surface area contributed by atoms with E-state index in [9.17, 15) is 18.8 Å². The number of hydrogen-bond donors (Lipinski definition) is 2. The van der Waals surface area contributed by atoms with Crippen LogP contribution in [-0.4, -0.2) is 64.7 Å². The van der Waals surface area contributed by atoms with Crippen molar-refractivity contribution < 1.29 is 9.18 Å². The molecule has 1 amide bonds. The van der Waals surface area contributed by atoms with Crippen LogP contribution >= 0.6 is 0 Å². The van der Waals surface area contributed by atoms with Crippen LogP contribution in [-0.2, 0) is 18.9 Å². The van der Waals surface area contributed by atoms with Crippen molar-refractivity contribution >= 4 is 34.1 Å². The Balaban J connectivity index is 1.68. The maximum absolute atomic E-state index is 13.1. The van der Waals surface area contributed by atoms with Gasteiger partial charge in [0.2, 0.25) is 5.91 Å². The van der Waals surface area contributed by atoms with Crippen molar-refractivity contribution in [2.75, 3.05) is 55.3 Å². The van der Waals surface area contributed by atoms with Crippen molar-refractivity contribution in [1.29, 1.82) is 0 Å². The largest absolute Gasteiger partial charge is 0.375 e. The zero-order valence-corrected chi connectivity index (χ0v) is 18.8. The second-order valence-electron chi connectivity index (χ2n) is 8.13. The smallest absolute Gasteiger partial charge is 0.332 e. The molecular weight excluding hydrogens is 429 g/mol. The Bertz CT molecular complexity index is 1310. The number of amides is 1. The maximum Gasteiger partial charge on any atom is 0.332 e. The van der Waals surface area contributed by atoms with Crippen LogP contribution < -0.4 is 26.8 Å². The third-order valence-electron chi connectivity index (χ3n) is 5.79. The van der Waals surface area contributed by atoms with Gasteiger partial charge in [-0.05, 0) is 31.3 Å². The fourth-order valence-corrected chi connectivity index (χ4v) is 3.79. The van der Waals surface area contributed by atoms with Gasteiger partial charge in [-0.1, -0.05) is 0 Å². The van der Waals surface area contributed by atoms with Crippen LogP contribution in [0.5, 0.6) is 0 Å². The Hall–Kier alpha value is -3.73. The van der Waals surface area contributed by atoms with Crippen molar-refractivity contribution in [3.8, 4) is 0 Å². The summed E-state index contributed by atoms with van der Waals surface area (Å²) in [5, 5.41) is 5.94. The van der Waals surface area contributed by atoms with Gasteiger partial charge in [0, 0.05) is 52.0 Å². The van der Waals surface area contributed by atoms with Crippen molar-refractivity contribution in [1.82, 2.24) is 19.0 Å². The molecular formula is C22H26FN7O3. The normalized spacial score (nSPS) is 14.5. The number of aryl methyl sites for hydroxylation is 1. The molecule has 1 aromatic carbocycles. The molecule has 10 nitrogen and oxygen atoms in total. The van der Waals surface area contributed by atoms with Gasteiger partial charge in [-0.25, -0.2) is 14.2 Å². The number of aromatic nitrogens is 3. The predicted octanol–water partition coefficient (Wildman–Crippen LogP) is 0.574. The first-order chi connectivity index (χ1) is 15.7. The fourth-order valence-electron chi connectivity index (χ4n) is 3.79. The highest BCUT2D eigenvalue weighted by molar-refractivity contribution is 5.96. The molecule has 0 saturated carbocycles. The summed E-state index contributed by atoms with van der Waals surface area (Å²) < 4.78 is 15.4. The van der Waals surface area contributed by atoms with Gasteiger partial charge in [0.1, 0.15) is 17.0 Å². The summed E-state index contributed by atoms with van der Waals surface area (Å²) in [6.07, 6.45) is 0. The number of carbonyl (C=O) groups is 1. The molecule has 33 heavy (non-hydrogen) atoms. The van der Waals surface area contributed by atoms with Gasteiger partial charge in [0.15, 0.2) is 5.65 Å². The van der Waals surface area contributed by atoms with Crippen molar-refractivity contribution in [2.24, 2.45) is 14.1 Å². The molecule has 0 aliphatic carbocycles. The van der Waals surface area contributed by atoms with E-state index >= 15 is 0 Å². The van der Waals surface area contributed by atoms with Gasteiger partial charge in [-0.3, -0.25) is 18.7 Å². The Labute approximate surface area is 189 Å². The van der Waals surface area contributed by atoms with E-state index in [1.165, 1.54) is 35.9 Å². The van der Waals surface area contributed by atoms with E-state index in [4.69, 9.17) is 0 Å². The highest BCUT2D eigenvalue weighted by Crippen LogP contribution is 2.25. The number of fused-ring (bicyclic) bond motifs is 1. The molecule has 4 rings (SSSR count). The van der Waals surface area contributed by atoms with E-state index < -0.39 is 17.1 Å². The second-order valence-corrected chi connectivity index (χ2v) is 8.13. The van der Waals surface area contributed by atoms with E-state index in [2.05, 4.69) is 25.4 Å². The van der Waals surface area contributed by atoms with Gasteiger partial charge in [0.25, 0.3) is 5.56 Å². The standard InChI is InChI=1S/C22H26FN7O3/c1-27-8-10-30(11-9-27)17-12-16(19-20(26-17)28(2)22(33)29(3)21(19)32)24-13-18(31)25-15-6-4-14(23)5-7-15/h4-7,12H,8-11,13H2,1-3H3,(H,24,26)(H,25,31). The summed E-state index contributed by atoms with van der Waals surface area (Å²) in [4.78, 5) is 46.8. The maximum atomic E-state index is 13.1. The van der Waals surface area contributed by atoms with Crippen LogP contribution in [0.15, 0.2) is 39.9 Å². The minimum Gasteiger partial charge on any atom is -0.375 e. The van der Waals surface area contributed by atoms with Crippen LogP contribution in [0.1, 0.15) is 0 Å². The lowest BCUT2D eigenvalue weighted by molar-refractivity contribution is -0.114. The lowest BCUT2D eigenvalue weighted by Gasteiger charge is -2.33. The SMILES string of the molecule is CN1CCN(c2cc(NCC(=O)Nc3ccc(F)cc3)c3c(=O)n(C)c(=O)n(C)c3n2)CC1. The third-order valence-corrected chi connectivity index (χ3v) is 5.79. The number of halogens is 1. The van der Waals surface area contributed by atoms with E-state index in [0.717, 1.165) is 30.7 Å². The van der Waals surface area contributed by atoms with E-state index in [1.807, 2.05) is 7.05 Å². The molecule has 2 aromatic heterocycles.